The molecule has 29 heavy (non-hydrogen) atoms. The molecule has 0 saturated heterocycles. The molecular formula is C22H19ClO5S. The van der Waals surface area contributed by atoms with Gasteiger partial charge in [0.15, 0.2) is 9.84 Å². The number of carbonyl (C=O) groups is 1. The number of ether oxygens (including phenoxy) is 1. The maximum atomic E-state index is 13.0. The summed E-state index contributed by atoms with van der Waals surface area (Å²) in [5, 5.41) is 9.79. The first-order valence-corrected chi connectivity index (χ1v) is 10.8. The summed E-state index contributed by atoms with van der Waals surface area (Å²) in [5.74, 6) is -1.64. The normalized spacial score (nSPS) is 11.4. The molecule has 3 aromatic rings. The zero-order valence-electron chi connectivity index (χ0n) is 15.6. The van der Waals surface area contributed by atoms with Crippen LogP contribution in [0.1, 0.15) is 21.5 Å². The zero-order chi connectivity index (χ0) is 21.0. The van der Waals surface area contributed by atoms with Gasteiger partial charge in [0, 0.05) is 12.1 Å². The van der Waals surface area contributed by atoms with Crippen LogP contribution >= 0.6 is 11.6 Å². The molecule has 0 bridgehead atoms. The van der Waals surface area contributed by atoms with Crippen LogP contribution in [0.15, 0.2) is 71.6 Å². The van der Waals surface area contributed by atoms with Gasteiger partial charge in [-0.05, 0) is 52.6 Å². The van der Waals surface area contributed by atoms with Crippen LogP contribution in [-0.2, 0) is 26.9 Å². The van der Waals surface area contributed by atoms with Crippen molar-refractivity contribution in [2.24, 2.45) is 0 Å². The van der Waals surface area contributed by atoms with E-state index in [4.69, 9.17) is 16.3 Å². The molecule has 0 aliphatic carbocycles. The fourth-order valence-corrected chi connectivity index (χ4v) is 4.85. The molecule has 3 aromatic carbocycles. The topological polar surface area (TPSA) is 80.7 Å². The van der Waals surface area contributed by atoms with Gasteiger partial charge >= 0.3 is 5.97 Å². The average Bonchev–Trinajstić information content (AvgIpc) is 2.68. The van der Waals surface area contributed by atoms with E-state index in [9.17, 15) is 18.3 Å². The molecule has 7 heteroatoms. The van der Waals surface area contributed by atoms with E-state index in [-0.39, 0.29) is 27.7 Å². The number of carboxylic acid groups (broad SMARTS) is 1. The van der Waals surface area contributed by atoms with Crippen molar-refractivity contribution >= 4 is 27.4 Å². The second kappa shape index (κ2) is 8.78. The quantitative estimate of drug-likeness (QED) is 0.580. The van der Waals surface area contributed by atoms with Crippen LogP contribution in [-0.4, -0.2) is 26.6 Å². The average molecular weight is 431 g/mol. The van der Waals surface area contributed by atoms with E-state index in [0.717, 1.165) is 11.1 Å². The molecule has 0 unspecified atom stereocenters. The SMILES string of the molecule is COCc1cc(Cl)cc(S(=O)(=O)Cc2cc(-c3ccccc3)ccc2C(=O)O)c1. The molecule has 0 radical (unpaired) electrons. The van der Waals surface area contributed by atoms with Crippen LogP contribution in [0.5, 0.6) is 0 Å². The third-order valence-corrected chi connectivity index (χ3v) is 6.25. The lowest BCUT2D eigenvalue weighted by molar-refractivity contribution is 0.0696. The molecule has 0 amide bonds. The minimum atomic E-state index is -3.83. The number of methoxy groups -OCH3 is 1. The third kappa shape index (κ3) is 5.03. The number of aromatic carboxylic acids is 1. The van der Waals surface area contributed by atoms with Crippen molar-refractivity contribution < 1.29 is 23.1 Å². The Hall–Kier alpha value is -2.67. The van der Waals surface area contributed by atoms with Gasteiger partial charge in [-0.15, -0.1) is 0 Å². The van der Waals surface area contributed by atoms with Gasteiger partial charge in [-0.1, -0.05) is 48.0 Å². The minimum absolute atomic E-state index is 0.0264. The van der Waals surface area contributed by atoms with Gasteiger partial charge in [0.25, 0.3) is 0 Å². The lowest BCUT2D eigenvalue weighted by atomic mass is 10.00. The maximum absolute atomic E-state index is 13.0. The van der Waals surface area contributed by atoms with E-state index in [1.165, 1.54) is 25.3 Å². The Bertz CT molecular complexity index is 1140. The monoisotopic (exact) mass is 430 g/mol. The molecule has 0 atom stereocenters. The fourth-order valence-electron chi connectivity index (χ4n) is 3.07. The van der Waals surface area contributed by atoms with Crippen molar-refractivity contribution in [1.29, 1.82) is 0 Å². The Morgan fingerprint density at radius 2 is 1.72 bits per heavy atom. The molecule has 150 valence electrons. The minimum Gasteiger partial charge on any atom is -0.478 e. The second-order valence-electron chi connectivity index (χ2n) is 6.53. The summed E-state index contributed by atoms with van der Waals surface area (Å²) in [6, 6.07) is 18.5. The van der Waals surface area contributed by atoms with Gasteiger partial charge < -0.3 is 9.84 Å². The van der Waals surface area contributed by atoms with Crippen molar-refractivity contribution in [1.82, 2.24) is 0 Å². The second-order valence-corrected chi connectivity index (χ2v) is 8.96. The van der Waals surface area contributed by atoms with Crippen LogP contribution in [0.2, 0.25) is 5.02 Å². The van der Waals surface area contributed by atoms with Gasteiger partial charge in [-0.25, -0.2) is 13.2 Å². The molecular weight excluding hydrogens is 412 g/mol. The van der Waals surface area contributed by atoms with Gasteiger partial charge in [0.05, 0.1) is 22.8 Å². The van der Waals surface area contributed by atoms with Crippen molar-refractivity contribution in [3.05, 3.63) is 88.4 Å². The molecule has 1 N–H and O–H groups in total. The highest BCUT2D eigenvalue weighted by Crippen LogP contribution is 2.27. The molecule has 0 aliphatic rings. The molecule has 0 spiro atoms. The highest BCUT2D eigenvalue weighted by Gasteiger charge is 2.21. The zero-order valence-corrected chi connectivity index (χ0v) is 17.2. The lowest BCUT2D eigenvalue weighted by Gasteiger charge is -2.12. The van der Waals surface area contributed by atoms with Crippen LogP contribution in [0.25, 0.3) is 11.1 Å². The van der Waals surface area contributed by atoms with E-state index >= 15 is 0 Å². The molecule has 0 aliphatic heterocycles. The Labute approximate surface area is 174 Å². The number of carboxylic acids is 1. The number of benzene rings is 3. The number of halogens is 1. The van der Waals surface area contributed by atoms with E-state index in [2.05, 4.69) is 0 Å². The lowest BCUT2D eigenvalue weighted by Crippen LogP contribution is -2.10. The Balaban J connectivity index is 2.05. The summed E-state index contributed by atoms with van der Waals surface area (Å²) in [4.78, 5) is 11.7. The first kappa shape index (κ1) is 21.0. The van der Waals surface area contributed by atoms with Crippen molar-refractivity contribution in [2.75, 3.05) is 7.11 Å². The van der Waals surface area contributed by atoms with Crippen LogP contribution in [0.4, 0.5) is 0 Å². The van der Waals surface area contributed by atoms with E-state index < -0.39 is 21.6 Å². The van der Waals surface area contributed by atoms with Gasteiger partial charge in [0.2, 0.25) is 0 Å². The van der Waals surface area contributed by atoms with Crippen LogP contribution in [0.3, 0.4) is 0 Å². The number of hydrogen-bond donors (Lipinski definition) is 1. The van der Waals surface area contributed by atoms with Crippen LogP contribution in [0, 0.1) is 0 Å². The van der Waals surface area contributed by atoms with E-state index in [1.807, 2.05) is 30.3 Å². The highest BCUT2D eigenvalue weighted by molar-refractivity contribution is 7.90. The predicted octanol–water partition coefficient (Wildman–Crippen LogP) is 4.83. The Morgan fingerprint density at radius 1 is 1.00 bits per heavy atom. The Kier molecular flexibility index (Phi) is 6.37. The smallest absolute Gasteiger partial charge is 0.335 e. The van der Waals surface area contributed by atoms with Gasteiger partial charge in [-0.2, -0.15) is 0 Å². The van der Waals surface area contributed by atoms with Gasteiger partial charge in [0.1, 0.15) is 0 Å². The number of sulfone groups is 1. The molecule has 0 saturated carbocycles. The molecule has 3 rings (SSSR count). The van der Waals surface area contributed by atoms with Crippen LogP contribution < -0.4 is 0 Å². The fraction of sp³-hybridized carbons (Fsp3) is 0.136. The van der Waals surface area contributed by atoms with E-state index in [1.54, 1.807) is 18.2 Å². The summed E-state index contributed by atoms with van der Waals surface area (Å²) >= 11 is 6.07. The Morgan fingerprint density at radius 3 is 2.38 bits per heavy atom. The van der Waals surface area contributed by atoms with Crippen molar-refractivity contribution in [3.8, 4) is 11.1 Å². The summed E-state index contributed by atoms with van der Waals surface area (Å²) < 4.78 is 31.1. The first-order chi connectivity index (χ1) is 13.8. The number of rotatable bonds is 7. The van der Waals surface area contributed by atoms with E-state index in [0.29, 0.717) is 5.56 Å². The molecule has 5 nitrogen and oxygen atoms in total. The standard InChI is InChI=1S/C22H19ClO5S/c1-28-13-15-9-19(23)12-20(10-15)29(26,27)14-18-11-17(7-8-21(18)22(24)25)16-5-3-2-4-6-16/h2-12H,13-14H2,1H3,(H,24,25). The highest BCUT2D eigenvalue weighted by atomic mass is 35.5. The maximum Gasteiger partial charge on any atom is 0.335 e. The molecule has 0 heterocycles. The molecule has 0 fully saturated rings. The van der Waals surface area contributed by atoms with Gasteiger partial charge in [-0.3, -0.25) is 0 Å². The summed E-state index contributed by atoms with van der Waals surface area (Å²) in [7, 11) is -2.33. The summed E-state index contributed by atoms with van der Waals surface area (Å²) in [5.41, 5.74) is 2.40. The largest absolute Gasteiger partial charge is 0.478 e. The predicted molar refractivity (Wildman–Crippen MR) is 112 cm³/mol. The number of hydrogen-bond acceptors (Lipinski definition) is 4. The third-order valence-electron chi connectivity index (χ3n) is 4.39. The van der Waals surface area contributed by atoms with Crippen molar-refractivity contribution in [3.63, 3.8) is 0 Å². The molecule has 0 aromatic heterocycles. The summed E-state index contributed by atoms with van der Waals surface area (Å²) in [6.07, 6.45) is 0. The first-order valence-electron chi connectivity index (χ1n) is 8.73. The van der Waals surface area contributed by atoms with Crippen molar-refractivity contribution in [2.45, 2.75) is 17.3 Å². The summed E-state index contributed by atoms with van der Waals surface area (Å²) in [6.45, 7) is 0.215.